The zero-order chi connectivity index (χ0) is 35.3. The molecule has 0 bridgehead atoms. The fraction of sp³-hybridized carbons (Fsp3) is 0.657. The quantitative estimate of drug-likeness (QED) is 0.168. The third kappa shape index (κ3) is 8.90. The molecule has 1 aliphatic heterocycles. The number of likely N-dealkylation sites (tertiary alicyclic amines) is 1. The van der Waals surface area contributed by atoms with Crippen LogP contribution in [0.15, 0.2) is 41.8 Å². The summed E-state index contributed by atoms with van der Waals surface area (Å²) >= 11 is 0. The second-order valence-electron chi connectivity index (χ2n) is 14.9. The predicted octanol–water partition coefficient (Wildman–Crippen LogP) is 2.62. The molecule has 0 radical (unpaired) electrons. The molecule has 2 aliphatic rings. The maximum Gasteiger partial charge on any atom is 0.315 e. The third-order valence-corrected chi connectivity index (χ3v) is 9.67. The number of rotatable bonds is 15. The molecule has 5 amide bonds. The fourth-order valence-corrected chi connectivity index (χ4v) is 6.56. The number of unbranched alkanes of at least 4 members (excludes halogenated alkanes) is 1. The van der Waals surface area contributed by atoms with Crippen LogP contribution < -0.4 is 26.8 Å². The monoisotopic (exact) mass is 654 g/mol. The van der Waals surface area contributed by atoms with E-state index < -0.39 is 59.1 Å². The summed E-state index contributed by atoms with van der Waals surface area (Å²) in [6.07, 6.45) is 4.81. The van der Waals surface area contributed by atoms with E-state index in [1.165, 1.54) is 21.6 Å². The Kier molecular flexibility index (Phi) is 12.2. The average molecular weight is 655 g/mol. The molecule has 1 saturated heterocycles. The van der Waals surface area contributed by atoms with Gasteiger partial charge >= 0.3 is 6.03 Å². The van der Waals surface area contributed by atoms with Crippen LogP contribution in [-0.4, -0.2) is 76.3 Å². The van der Waals surface area contributed by atoms with Crippen molar-refractivity contribution in [3.05, 3.63) is 47.4 Å². The summed E-state index contributed by atoms with van der Waals surface area (Å²) in [6, 6.07) is 1.04. The standard InChI is InChI=1S/C35H54N6O6/c1-10-12-15-23(28(43)31(45)36-17-11-2)37-30(44)27-26-22(35(26,8)9)19-41(27)32(46)29(34(5,6)7)39-33(47)38-24(21(3)4)20-40-18-14-13-16-25(40)42/h11,13-14,16,18,21-24,26-27,29H,2,10,12,15,17,19-20H2,1,3-9H3,(H,36,45)(H,37,44)(H2,38,39,47)/t22-,23?,24+,26-,27-,29+/m0/s1. The molecule has 1 aromatic heterocycles. The number of carbonyl (C=O) groups excluding carboxylic acids is 5. The summed E-state index contributed by atoms with van der Waals surface area (Å²) in [5, 5.41) is 11.1. The zero-order valence-electron chi connectivity index (χ0n) is 29.2. The van der Waals surface area contributed by atoms with Crippen molar-refractivity contribution in [1.29, 1.82) is 0 Å². The number of ketones is 1. The first-order valence-electron chi connectivity index (χ1n) is 16.7. The van der Waals surface area contributed by atoms with Crippen LogP contribution >= 0.6 is 0 Å². The second kappa shape index (κ2) is 15.3. The molecule has 2 heterocycles. The zero-order valence-corrected chi connectivity index (χ0v) is 29.2. The number of Topliss-reactive ketones (excluding diaryl/α,β-unsaturated/α-hetero) is 1. The third-order valence-electron chi connectivity index (χ3n) is 9.67. The SMILES string of the molecule is C=CCNC(=O)C(=O)C(CCCC)NC(=O)[C@@H]1[C@@H]2[C@H](CN1C(=O)[C@@H](NC(=O)N[C@H](Cn1ccccc1=O)C(C)C)C(C)(C)C)C2(C)C. The molecule has 260 valence electrons. The molecule has 0 spiro atoms. The van der Waals surface area contributed by atoms with Crippen LogP contribution in [-0.2, 0) is 25.7 Å². The molecule has 1 saturated carbocycles. The van der Waals surface area contributed by atoms with Crippen LogP contribution in [0.3, 0.4) is 0 Å². The van der Waals surface area contributed by atoms with Gasteiger partial charge in [-0.05, 0) is 41.1 Å². The van der Waals surface area contributed by atoms with Gasteiger partial charge in [0, 0.05) is 31.9 Å². The van der Waals surface area contributed by atoms with Gasteiger partial charge in [-0.3, -0.25) is 24.0 Å². The van der Waals surface area contributed by atoms with E-state index in [1.54, 1.807) is 18.3 Å². The van der Waals surface area contributed by atoms with Crippen LogP contribution in [0.25, 0.3) is 0 Å². The number of hydrogen-bond donors (Lipinski definition) is 4. The summed E-state index contributed by atoms with van der Waals surface area (Å²) in [6.45, 7) is 19.8. The summed E-state index contributed by atoms with van der Waals surface area (Å²) in [5.74, 6) is -2.47. The molecule has 4 N–H and O–H groups in total. The van der Waals surface area contributed by atoms with Gasteiger partial charge in [-0.2, -0.15) is 0 Å². The molecule has 6 atom stereocenters. The van der Waals surface area contributed by atoms with Crippen LogP contribution in [0.2, 0.25) is 0 Å². The van der Waals surface area contributed by atoms with Gasteiger partial charge in [0.25, 0.3) is 11.5 Å². The Bertz CT molecular complexity index is 1400. The number of nitrogens with zero attached hydrogens (tertiary/aromatic N) is 2. The Hall–Kier alpha value is -3.96. The number of urea groups is 1. The van der Waals surface area contributed by atoms with Gasteiger partial charge in [0.2, 0.25) is 17.6 Å². The minimum atomic E-state index is -1.03. The van der Waals surface area contributed by atoms with E-state index in [2.05, 4.69) is 41.7 Å². The number of aromatic nitrogens is 1. The van der Waals surface area contributed by atoms with Crippen molar-refractivity contribution in [2.24, 2.45) is 28.6 Å². The van der Waals surface area contributed by atoms with Crippen LogP contribution in [0, 0.1) is 28.6 Å². The lowest BCUT2D eigenvalue weighted by Crippen LogP contribution is -2.62. The van der Waals surface area contributed by atoms with E-state index in [0.29, 0.717) is 19.4 Å². The van der Waals surface area contributed by atoms with E-state index in [9.17, 15) is 28.8 Å². The van der Waals surface area contributed by atoms with Crippen LogP contribution in [0.4, 0.5) is 4.79 Å². The van der Waals surface area contributed by atoms with Gasteiger partial charge < -0.3 is 30.7 Å². The maximum atomic E-state index is 14.3. The molecule has 3 rings (SSSR count). The molecule has 1 unspecified atom stereocenters. The van der Waals surface area contributed by atoms with Crippen LogP contribution in [0.1, 0.15) is 74.7 Å². The minimum absolute atomic E-state index is 0.0140. The highest BCUT2D eigenvalue weighted by atomic mass is 16.2. The first kappa shape index (κ1) is 37.5. The fourth-order valence-electron chi connectivity index (χ4n) is 6.56. The normalized spacial score (nSPS) is 21.6. The lowest BCUT2D eigenvalue weighted by atomic mass is 9.85. The lowest BCUT2D eigenvalue weighted by Gasteiger charge is -2.38. The number of fused-ring (bicyclic) bond motifs is 1. The highest BCUT2D eigenvalue weighted by Crippen LogP contribution is 2.65. The van der Waals surface area contributed by atoms with Crippen molar-refractivity contribution in [3.8, 4) is 0 Å². The van der Waals surface area contributed by atoms with Gasteiger partial charge in [-0.25, -0.2) is 4.79 Å². The van der Waals surface area contributed by atoms with Gasteiger partial charge in [0.1, 0.15) is 12.1 Å². The Balaban J connectivity index is 1.82. The molecule has 1 aliphatic carbocycles. The molecule has 2 fully saturated rings. The van der Waals surface area contributed by atoms with Gasteiger partial charge in [-0.15, -0.1) is 6.58 Å². The smallest absolute Gasteiger partial charge is 0.315 e. The molecular formula is C35H54N6O6. The topological polar surface area (TPSA) is 159 Å². The van der Waals surface area contributed by atoms with Crippen molar-refractivity contribution in [2.45, 2.75) is 105 Å². The van der Waals surface area contributed by atoms with Crippen molar-refractivity contribution in [1.82, 2.24) is 30.7 Å². The van der Waals surface area contributed by atoms with E-state index in [0.717, 1.165) is 6.42 Å². The molecule has 0 aromatic carbocycles. The van der Waals surface area contributed by atoms with E-state index in [1.807, 2.05) is 41.5 Å². The van der Waals surface area contributed by atoms with Gasteiger partial charge in [0.15, 0.2) is 0 Å². The largest absolute Gasteiger partial charge is 0.346 e. The first-order chi connectivity index (χ1) is 21.9. The molecule has 47 heavy (non-hydrogen) atoms. The first-order valence-corrected chi connectivity index (χ1v) is 16.7. The molecule has 12 nitrogen and oxygen atoms in total. The number of carbonyl (C=O) groups is 5. The summed E-state index contributed by atoms with van der Waals surface area (Å²) in [7, 11) is 0. The number of nitrogens with one attached hydrogen (secondary N) is 4. The van der Waals surface area contributed by atoms with Crippen molar-refractivity contribution < 1.29 is 24.0 Å². The number of pyridine rings is 1. The van der Waals surface area contributed by atoms with Crippen molar-refractivity contribution in [3.63, 3.8) is 0 Å². The second-order valence-corrected chi connectivity index (χ2v) is 14.9. The number of piperidine rings is 1. The summed E-state index contributed by atoms with van der Waals surface area (Å²) in [5.41, 5.74) is -1.09. The van der Waals surface area contributed by atoms with E-state index in [4.69, 9.17) is 0 Å². The highest BCUT2D eigenvalue weighted by molar-refractivity contribution is 6.38. The number of amides is 5. The lowest BCUT2D eigenvalue weighted by molar-refractivity contribution is -0.145. The number of hydrogen-bond acceptors (Lipinski definition) is 6. The Morgan fingerprint density at radius 2 is 1.77 bits per heavy atom. The summed E-state index contributed by atoms with van der Waals surface area (Å²) < 4.78 is 1.53. The van der Waals surface area contributed by atoms with Gasteiger partial charge in [-0.1, -0.05) is 80.4 Å². The molecule has 12 heteroatoms. The Morgan fingerprint density at radius 1 is 1.09 bits per heavy atom. The average Bonchev–Trinajstić information content (AvgIpc) is 3.31. The molecular weight excluding hydrogens is 600 g/mol. The Morgan fingerprint density at radius 3 is 2.34 bits per heavy atom. The van der Waals surface area contributed by atoms with Crippen LogP contribution in [0.5, 0.6) is 0 Å². The van der Waals surface area contributed by atoms with Crippen molar-refractivity contribution >= 4 is 29.5 Å². The van der Waals surface area contributed by atoms with E-state index >= 15 is 0 Å². The maximum absolute atomic E-state index is 14.3. The van der Waals surface area contributed by atoms with Crippen molar-refractivity contribution in [2.75, 3.05) is 13.1 Å². The minimum Gasteiger partial charge on any atom is -0.346 e. The van der Waals surface area contributed by atoms with Gasteiger partial charge in [0.05, 0.1) is 12.1 Å². The van der Waals surface area contributed by atoms with E-state index in [-0.39, 0.29) is 41.8 Å². The Labute approximate surface area is 278 Å². The highest BCUT2D eigenvalue weighted by Gasteiger charge is 2.70. The molecule has 1 aromatic rings. The summed E-state index contributed by atoms with van der Waals surface area (Å²) in [4.78, 5) is 81.1. The predicted molar refractivity (Wildman–Crippen MR) is 180 cm³/mol.